The average molecular weight is 106 g/mol. The molecule has 16 valence electrons. The van der Waals surface area contributed by atoms with Crippen molar-refractivity contribution >= 4 is 10.1 Å². The van der Waals surface area contributed by atoms with Crippen molar-refractivity contribution in [1.82, 2.24) is 0 Å². The molecule has 4 heavy (non-hydrogen) atoms. The molecule has 0 rings (SSSR count). The minimum atomic E-state index is 0. The monoisotopic (exact) mass is 105 g/mol. The van der Waals surface area contributed by atoms with E-state index in [1.54, 1.807) is 0 Å². The average Bonchev–Trinajstić information content (AvgIpc) is 0. The summed E-state index contributed by atoms with van der Waals surface area (Å²) in [5, 5.41) is 0. The van der Waals surface area contributed by atoms with E-state index in [4.69, 9.17) is 0 Å². The van der Waals surface area contributed by atoms with E-state index in [0.717, 1.165) is 0 Å². The van der Waals surface area contributed by atoms with Gasteiger partial charge in [-0.25, -0.2) is 0 Å². The van der Waals surface area contributed by atoms with Crippen LogP contribution in [-0.4, -0.2) is 10.1 Å². The fraction of sp³-hybridized carbons (Fsp3) is 0. The summed E-state index contributed by atoms with van der Waals surface area (Å²) >= 11 is 0. The van der Waals surface area contributed by atoms with Gasteiger partial charge in [0.05, 0.1) is 0 Å². The summed E-state index contributed by atoms with van der Waals surface area (Å²) in [5.41, 5.74) is 0. The van der Waals surface area contributed by atoms with Crippen LogP contribution in [0.25, 0.3) is 0 Å². The molecule has 0 aliphatic carbocycles. The van der Waals surface area contributed by atoms with Gasteiger partial charge in [0, 0.05) is 0 Å². The van der Waals surface area contributed by atoms with Gasteiger partial charge in [-0.05, 0) is 0 Å². The zero-order chi connectivity index (χ0) is 0. The van der Waals surface area contributed by atoms with Crippen LogP contribution in [0.3, 0.4) is 0 Å². The van der Waals surface area contributed by atoms with Crippen LogP contribution in [0.4, 0.5) is 0 Å². The van der Waals surface area contributed by atoms with Gasteiger partial charge in [0.15, 0.2) is 0 Å². The van der Waals surface area contributed by atoms with Gasteiger partial charge in [-0.3, -0.25) is 0 Å². The fourth-order valence-electron chi connectivity index (χ4n) is 0. The molecule has 0 aromatic carbocycles. The van der Waals surface area contributed by atoms with E-state index in [1.807, 2.05) is 0 Å². The molecule has 0 bridgehead atoms. The topological polar surface area (TPSA) is 57.0 Å². The molecule has 0 amide bonds. The van der Waals surface area contributed by atoms with E-state index in [1.165, 1.54) is 0 Å². The van der Waals surface area contributed by atoms with E-state index in [-0.39, 0.29) is 40.6 Å². The largest absolute Gasteiger partial charge is 2.00 e. The third-order valence-corrected chi connectivity index (χ3v) is 0. The van der Waals surface area contributed by atoms with Crippen LogP contribution in [0.15, 0.2) is 0 Å². The number of hydrogen-bond acceptors (Lipinski definition) is 0. The van der Waals surface area contributed by atoms with Crippen molar-refractivity contribution < 1.29 is 30.4 Å². The Morgan fingerprint density at radius 3 is 0.750 bits per heavy atom. The van der Waals surface area contributed by atoms with Crippen LogP contribution >= 0.6 is 0 Å². The van der Waals surface area contributed by atoms with Gasteiger partial charge >= 0.3 is 29.6 Å². The van der Waals surface area contributed by atoms with Crippen LogP contribution in [0.2, 0.25) is 0 Å². The van der Waals surface area contributed by atoms with Crippen molar-refractivity contribution in [1.29, 1.82) is 0 Å². The molecule has 0 aliphatic heterocycles. The first-order chi connectivity index (χ1) is 0. The van der Waals surface area contributed by atoms with Gasteiger partial charge in [-0.2, -0.15) is 0 Å². The fourth-order valence-corrected chi connectivity index (χ4v) is 0. The molecule has 0 saturated carbocycles. The zero-order valence-corrected chi connectivity index (χ0v) is 5.20. The Morgan fingerprint density at radius 2 is 0.750 bits per heavy atom. The minimum absolute atomic E-state index is 0. The SMILES string of the molecule is [Be+2].[O-2].[O-2].[Zn+2]. The molecule has 0 atom stereocenters. The van der Waals surface area contributed by atoms with Crippen molar-refractivity contribution in [2.45, 2.75) is 0 Å². The zero-order valence-electron chi connectivity index (χ0n) is 2.23. The summed E-state index contributed by atoms with van der Waals surface area (Å²) in [7, 11) is 0. The van der Waals surface area contributed by atoms with Crippen molar-refractivity contribution in [3.63, 3.8) is 0 Å². The second-order valence-corrected chi connectivity index (χ2v) is 0. The maximum absolute atomic E-state index is 0. The predicted octanol–water partition coefficient (Wildman–Crippen LogP) is -0.621. The summed E-state index contributed by atoms with van der Waals surface area (Å²) in [5.74, 6) is 0. The molecule has 0 unspecified atom stereocenters. The van der Waals surface area contributed by atoms with Gasteiger partial charge < -0.3 is 11.0 Å². The van der Waals surface area contributed by atoms with Gasteiger partial charge in [-0.15, -0.1) is 0 Å². The Labute approximate surface area is 41.2 Å². The second-order valence-electron chi connectivity index (χ2n) is 0. The Balaban J connectivity index is 0. The van der Waals surface area contributed by atoms with Gasteiger partial charge in [-0.1, -0.05) is 0 Å². The van der Waals surface area contributed by atoms with Crippen molar-refractivity contribution in [3.8, 4) is 0 Å². The van der Waals surface area contributed by atoms with Crippen LogP contribution in [0.1, 0.15) is 0 Å². The summed E-state index contributed by atoms with van der Waals surface area (Å²) < 4.78 is 0. The molecular weight excluding hydrogens is 106 g/mol. The van der Waals surface area contributed by atoms with E-state index in [9.17, 15) is 0 Å². The normalized spacial score (nSPS) is 0. The quantitative estimate of drug-likeness (QED) is 0.370. The molecule has 0 aromatic heterocycles. The molecule has 0 spiro atoms. The van der Waals surface area contributed by atoms with E-state index >= 15 is 0 Å². The standard InChI is InChI=1S/Be.2O.Zn/q+2;2*-2;+2. The maximum Gasteiger partial charge on any atom is 2.00 e. The Hall–Kier alpha value is 0.712. The molecule has 2 nitrogen and oxygen atoms in total. The molecule has 4 heteroatoms. The molecule has 0 aromatic rings. The maximum atomic E-state index is 0. The van der Waals surface area contributed by atoms with Crippen molar-refractivity contribution in [2.24, 2.45) is 0 Å². The van der Waals surface area contributed by atoms with E-state index in [2.05, 4.69) is 0 Å². The Kier molecular flexibility index (Phi) is 1720. The number of hydrogen-bond donors (Lipinski definition) is 0. The summed E-state index contributed by atoms with van der Waals surface area (Å²) in [6.45, 7) is 0. The van der Waals surface area contributed by atoms with Crippen molar-refractivity contribution in [3.05, 3.63) is 0 Å². The summed E-state index contributed by atoms with van der Waals surface area (Å²) in [6.07, 6.45) is 0. The van der Waals surface area contributed by atoms with E-state index < -0.39 is 0 Å². The molecule has 0 heterocycles. The smallest absolute Gasteiger partial charge is 2.00 e. The Morgan fingerprint density at radius 1 is 0.750 bits per heavy atom. The van der Waals surface area contributed by atoms with Gasteiger partial charge in [0.2, 0.25) is 0 Å². The molecule has 0 N–H and O–H groups in total. The molecule has 0 aliphatic rings. The molecule has 0 radical (unpaired) electrons. The minimum Gasteiger partial charge on any atom is -2.00 e. The van der Waals surface area contributed by atoms with Crippen LogP contribution < -0.4 is 0 Å². The second kappa shape index (κ2) is 53.8. The summed E-state index contributed by atoms with van der Waals surface area (Å²) in [4.78, 5) is 0. The molecule has 0 fully saturated rings. The third kappa shape index (κ3) is 15.7. The first-order valence-electron chi connectivity index (χ1n) is 0. The van der Waals surface area contributed by atoms with Crippen LogP contribution in [0.5, 0.6) is 0 Å². The summed E-state index contributed by atoms with van der Waals surface area (Å²) in [6, 6.07) is 0. The van der Waals surface area contributed by atoms with Gasteiger partial charge in [0.25, 0.3) is 0 Å². The first kappa shape index (κ1) is 128. The molecule has 0 saturated heterocycles. The number of rotatable bonds is 0. The van der Waals surface area contributed by atoms with E-state index in [0.29, 0.717) is 0 Å². The molecular formula is BeO2Zn. The predicted molar refractivity (Wildman–Crippen MR) is 7.13 cm³/mol. The van der Waals surface area contributed by atoms with Crippen LogP contribution in [-0.2, 0) is 30.4 Å². The Bertz CT molecular complexity index is 6.00. The first-order valence-corrected chi connectivity index (χ1v) is 0. The van der Waals surface area contributed by atoms with Crippen LogP contribution in [0, 0.1) is 0 Å². The third-order valence-electron chi connectivity index (χ3n) is 0. The van der Waals surface area contributed by atoms with Gasteiger partial charge in [0.1, 0.15) is 0 Å². The van der Waals surface area contributed by atoms with Crippen molar-refractivity contribution in [2.75, 3.05) is 0 Å².